The van der Waals surface area contributed by atoms with Crippen LogP contribution in [-0.4, -0.2) is 70.3 Å². The summed E-state index contributed by atoms with van der Waals surface area (Å²) in [5.74, 6) is -2.13. The van der Waals surface area contributed by atoms with Gasteiger partial charge in [-0.2, -0.15) is 0 Å². The highest BCUT2D eigenvalue weighted by Crippen LogP contribution is 2.42. The SMILES string of the molecule is CCOC(=O)c1[nH]c(C)c(C(O)=C2C(=O)C(=O)N(CCCN(CC)CC)[C@@H]2c2cccs2)c1C. The third kappa shape index (κ3) is 4.81. The van der Waals surface area contributed by atoms with Gasteiger partial charge in [-0.1, -0.05) is 19.9 Å². The third-order valence-electron chi connectivity index (χ3n) is 6.27. The number of ketones is 1. The predicted molar refractivity (Wildman–Crippen MR) is 132 cm³/mol. The number of aliphatic hydroxyl groups excluding tert-OH is 1. The number of carbonyl (C=O) groups excluding carboxylic acids is 3. The fourth-order valence-electron chi connectivity index (χ4n) is 4.51. The predicted octanol–water partition coefficient (Wildman–Crippen LogP) is 4.02. The number of carbonyl (C=O) groups is 3. The van der Waals surface area contributed by atoms with E-state index in [0.717, 1.165) is 24.5 Å². The standard InChI is InChI=1S/C25H33N3O5S/c1-6-27(7-2)12-10-13-28-21(17-11-9-14-34-17)19(23(30)24(28)31)22(29)18-15(4)20(26-16(18)5)25(32)33-8-3/h9,11,14,21,26,29H,6-8,10,12-13H2,1-5H3/t21-/m1/s1. The molecule has 0 unspecified atom stereocenters. The number of aliphatic hydroxyl groups is 1. The van der Waals surface area contributed by atoms with Gasteiger partial charge in [0.05, 0.1) is 18.2 Å². The van der Waals surface area contributed by atoms with Crippen LogP contribution >= 0.6 is 11.3 Å². The Hall–Kier alpha value is -2.91. The van der Waals surface area contributed by atoms with E-state index in [1.165, 1.54) is 11.3 Å². The minimum Gasteiger partial charge on any atom is -0.507 e. The molecule has 0 saturated carbocycles. The highest BCUT2D eigenvalue weighted by molar-refractivity contribution is 7.10. The fourth-order valence-corrected chi connectivity index (χ4v) is 5.35. The Balaban J connectivity index is 2.05. The molecule has 8 nitrogen and oxygen atoms in total. The number of aromatic amines is 1. The second kappa shape index (κ2) is 11.0. The van der Waals surface area contributed by atoms with Crippen molar-refractivity contribution < 1.29 is 24.2 Å². The number of thiophene rings is 1. The fraction of sp³-hybridized carbons (Fsp3) is 0.480. The molecule has 1 aliphatic heterocycles. The van der Waals surface area contributed by atoms with Crippen molar-refractivity contribution in [2.75, 3.05) is 32.8 Å². The number of hydrogen-bond acceptors (Lipinski definition) is 7. The highest BCUT2D eigenvalue weighted by atomic mass is 32.1. The summed E-state index contributed by atoms with van der Waals surface area (Å²) in [6, 6.07) is 3.06. The molecule has 2 aromatic rings. The van der Waals surface area contributed by atoms with Crippen molar-refractivity contribution in [2.45, 2.75) is 47.1 Å². The van der Waals surface area contributed by atoms with Crippen molar-refractivity contribution in [3.05, 3.63) is 50.5 Å². The minimum atomic E-state index is -0.712. The number of aromatic nitrogens is 1. The smallest absolute Gasteiger partial charge is 0.355 e. The van der Waals surface area contributed by atoms with Gasteiger partial charge in [-0.25, -0.2) is 4.79 Å². The molecule has 0 aromatic carbocycles. The number of H-pyrrole nitrogens is 1. The van der Waals surface area contributed by atoms with Gasteiger partial charge in [-0.15, -0.1) is 11.3 Å². The normalized spacial score (nSPS) is 17.7. The Morgan fingerprint density at radius 2 is 1.94 bits per heavy atom. The zero-order valence-corrected chi connectivity index (χ0v) is 21.3. The van der Waals surface area contributed by atoms with Crippen LogP contribution in [0.25, 0.3) is 5.76 Å². The van der Waals surface area contributed by atoms with Gasteiger partial charge in [0.1, 0.15) is 11.5 Å². The van der Waals surface area contributed by atoms with Gasteiger partial charge in [-0.3, -0.25) is 9.59 Å². The summed E-state index contributed by atoms with van der Waals surface area (Å²) in [5, 5.41) is 13.3. The molecule has 0 radical (unpaired) electrons. The van der Waals surface area contributed by atoms with Crippen molar-refractivity contribution >= 4 is 34.8 Å². The molecule has 1 fully saturated rings. The second-order valence-electron chi connectivity index (χ2n) is 8.23. The van der Waals surface area contributed by atoms with E-state index in [2.05, 4.69) is 23.7 Å². The molecule has 9 heteroatoms. The van der Waals surface area contributed by atoms with E-state index in [1.807, 2.05) is 17.5 Å². The Labute approximate surface area is 204 Å². The molecule has 2 N–H and O–H groups in total. The van der Waals surface area contributed by atoms with Gasteiger partial charge in [0.15, 0.2) is 0 Å². The molecule has 0 aliphatic carbocycles. The first-order chi connectivity index (χ1) is 16.3. The van der Waals surface area contributed by atoms with E-state index in [4.69, 9.17) is 4.74 Å². The summed E-state index contributed by atoms with van der Waals surface area (Å²) in [6.07, 6.45) is 0.714. The van der Waals surface area contributed by atoms with Crippen molar-refractivity contribution in [1.82, 2.24) is 14.8 Å². The lowest BCUT2D eigenvalue weighted by atomic mass is 9.97. The molecule has 3 rings (SSSR count). The maximum Gasteiger partial charge on any atom is 0.355 e. The number of ether oxygens (including phenoxy) is 1. The minimum absolute atomic E-state index is 0.0518. The zero-order valence-electron chi connectivity index (χ0n) is 20.4. The lowest BCUT2D eigenvalue weighted by molar-refractivity contribution is -0.139. The zero-order chi connectivity index (χ0) is 25.0. The molecule has 3 heterocycles. The summed E-state index contributed by atoms with van der Waals surface area (Å²) >= 11 is 1.43. The van der Waals surface area contributed by atoms with Crippen LogP contribution in [0, 0.1) is 13.8 Å². The monoisotopic (exact) mass is 487 g/mol. The molecule has 1 atom stereocenters. The van der Waals surface area contributed by atoms with E-state index in [9.17, 15) is 19.5 Å². The first-order valence-corrected chi connectivity index (χ1v) is 12.5. The van der Waals surface area contributed by atoms with Crippen LogP contribution in [0.5, 0.6) is 0 Å². The molecule has 1 amide bonds. The highest BCUT2D eigenvalue weighted by Gasteiger charge is 2.46. The number of hydrogen-bond donors (Lipinski definition) is 2. The molecule has 2 aromatic heterocycles. The molecule has 34 heavy (non-hydrogen) atoms. The first-order valence-electron chi connectivity index (χ1n) is 11.7. The number of nitrogens with one attached hydrogen (secondary N) is 1. The largest absolute Gasteiger partial charge is 0.507 e. The quantitative estimate of drug-likeness (QED) is 0.227. The Morgan fingerprint density at radius 3 is 2.53 bits per heavy atom. The number of nitrogens with zero attached hydrogens (tertiary/aromatic N) is 2. The van der Waals surface area contributed by atoms with E-state index in [-0.39, 0.29) is 23.6 Å². The van der Waals surface area contributed by atoms with E-state index < -0.39 is 23.7 Å². The van der Waals surface area contributed by atoms with Crippen molar-refractivity contribution in [2.24, 2.45) is 0 Å². The third-order valence-corrected chi connectivity index (χ3v) is 7.20. The van der Waals surface area contributed by atoms with Gasteiger partial charge in [-0.05, 0) is 63.8 Å². The van der Waals surface area contributed by atoms with Crippen molar-refractivity contribution in [3.63, 3.8) is 0 Å². The van der Waals surface area contributed by atoms with Crippen molar-refractivity contribution in [3.8, 4) is 0 Å². The Kier molecular flexibility index (Phi) is 8.33. The maximum absolute atomic E-state index is 13.2. The average molecular weight is 488 g/mol. The summed E-state index contributed by atoms with van der Waals surface area (Å²) < 4.78 is 5.10. The number of rotatable bonds is 10. The maximum atomic E-state index is 13.2. The molecule has 1 aliphatic rings. The molecule has 0 spiro atoms. The van der Waals surface area contributed by atoms with Gasteiger partial charge >= 0.3 is 5.97 Å². The summed E-state index contributed by atoms with van der Waals surface area (Å²) in [4.78, 5) is 46.2. The van der Waals surface area contributed by atoms with Crippen LogP contribution < -0.4 is 0 Å². The van der Waals surface area contributed by atoms with Gasteiger partial charge in [0.2, 0.25) is 0 Å². The van der Waals surface area contributed by atoms with Crippen molar-refractivity contribution in [1.29, 1.82) is 0 Å². The van der Waals surface area contributed by atoms with Gasteiger partial charge in [0.25, 0.3) is 11.7 Å². The first kappa shape index (κ1) is 25.7. The Morgan fingerprint density at radius 1 is 1.24 bits per heavy atom. The molecular weight excluding hydrogens is 454 g/mol. The van der Waals surface area contributed by atoms with Crippen LogP contribution in [0.1, 0.15) is 65.4 Å². The van der Waals surface area contributed by atoms with Crippen LogP contribution in [0.15, 0.2) is 23.1 Å². The number of amides is 1. The van der Waals surface area contributed by atoms with Gasteiger partial charge < -0.3 is 24.6 Å². The molecule has 0 bridgehead atoms. The average Bonchev–Trinajstić information content (AvgIpc) is 3.50. The van der Waals surface area contributed by atoms with Gasteiger partial charge in [0, 0.05) is 22.7 Å². The Bertz CT molecular complexity index is 1080. The number of aryl methyl sites for hydroxylation is 1. The van der Waals surface area contributed by atoms with E-state index >= 15 is 0 Å². The number of Topliss-reactive ketones (excluding diaryl/α,β-unsaturated/α-hetero) is 1. The lowest BCUT2D eigenvalue weighted by Gasteiger charge is -2.25. The van der Waals surface area contributed by atoms with E-state index in [0.29, 0.717) is 29.8 Å². The van der Waals surface area contributed by atoms with Crippen LogP contribution in [0.4, 0.5) is 0 Å². The molecule has 184 valence electrons. The van der Waals surface area contributed by atoms with E-state index in [1.54, 1.807) is 25.7 Å². The summed E-state index contributed by atoms with van der Waals surface area (Å²) in [6.45, 7) is 12.6. The van der Waals surface area contributed by atoms with Crippen LogP contribution in [-0.2, 0) is 14.3 Å². The molecular formula is C25H33N3O5S. The summed E-state index contributed by atoms with van der Waals surface area (Å²) in [5.41, 5.74) is 1.63. The molecule has 1 saturated heterocycles. The van der Waals surface area contributed by atoms with Crippen LogP contribution in [0.2, 0.25) is 0 Å². The number of esters is 1. The number of likely N-dealkylation sites (tertiary alicyclic amines) is 1. The topological polar surface area (TPSA) is 103 Å². The second-order valence-corrected chi connectivity index (χ2v) is 9.21. The van der Waals surface area contributed by atoms with Crippen LogP contribution in [0.3, 0.4) is 0 Å². The summed E-state index contributed by atoms with van der Waals surface area (Å²) in [7, 11) is 0. The lowest BCUT2D eigenvalue weighted by Crippen LogP contribution is -2.33.